The Morgan fingerprint density at radius 1 is 1.15 bits per heavy atom. The molecule has 1 heterocycles. The summed E-state index contributed by atoms with van der Waals surface area (Å²) in [7, 11) is 0. The smallest absolute Gasteiger partial charge is 0.388 e. The molecule has 1 aromatic carbocycles. The summed E-state index contributed by atoms with van der Waals surface area (Å²) in [6.45, 7) is 0. The van der Waals surface area contributed by atoms with E-state index in [1.807, 2.05) is 0 Å². The average Bonchev–Trinajstić information content (AvgIpc) is 2.40. The van der Waals surface area contributed by atoms with Gasteiger partial charge in [0.1, 0.15) is 0 Å². The summed E-state index contributed by atoms with van der Waals surface area (Å²) in [6.07, 6.45) is -4.16. The van der Waals surface area contributed by atoms with Crippen molar-refractivity contribution < 1.29 is 18.3 Å². The van der Waals surface area contributed by atoms with Crippen LogP contribution in [-0.4, -0.2) is 10.1 Å². The summed E-state index contributed by atoms with van der Waals surface area (Å²) in [4.78, 5) is 4.05. The standard InChI is InChI=1S/C14H11BrF3NO/c15-9-5-6-10(19-8-9)7-13(20)11-3-1-2-4-12(11)14(16,17)18/h1-6,8,13,20H,7H2. The molecule has 2 nitrogen and oxygen atoms in total. The second kappa shape index (κ2) is 5.93. The molecule has 2 aromatic rings. The first kappa shape index (κ1) is 15.0. The molecule has 0 aliphatic rings. The van der Waals surface area contributed by atoms with Gasteiger partial charge in [-0.2, -0.15) is 13.2 Å². The molecule has 1 N–H and O–H groups in total. The van der Waals surface area contributed by atoms with Crippen LogP contribution < -0.4 is 0 Å². The van der Waals surface area contributed by atoms with Crippen molar-refractivity contribution in [3.63, 3.8) is 0 Å². The Labute approximate surface area is 122 Å². The first-order valence-corrected chi connectivity index (χ1v) is 6.62. The predicted octanol–water partition coefficient (Wildman–Crippen LogP) is 4.14. The highest BCUT2D eigenvalue weighted by Crippen LogP contribution is 2.35. The third kappa shape index (κ3) is 3.58. The van der Waals surface area contributed by atoms with E-state index in [0.29, 0.717) is 5.69 Å². The lowest BCUT2D eigenvalue weighted by Crippen LogP contribution is -2.13. The zero-order valence-corrected chi connectivity index (χ0v) is 11.8. The van der Waals surface area contributed by atoms with Gasteiger partial charge in [-0.05, 0) is 39.7 Å². The lowest BCUT2D eigenvalue weighted by atomic mass is 9.98. The lowest BCUT2D eigenvalue weighted by molar-refractivity contribution is -0.139. The van der Waals surface area contributed by atoms with Crippen LogP contribution in [0.1, 0.15) is 22.9 Å². The molecule has 0 aliphatic heterocycles. The Kier molecular flexibility index (Phi) is 4.45. The molecule has 1 unspecified atom stereocenters. The van der Waals surface area contributed by atoms with E-state index in [1.165, 1.54) is 24.4 Å². The summed E-state index contributed by atoms with van der Waals surface area (Å²) in [5, 5.41) is 10.0. The number of hydrogen-bond donors (Lipinski definition) is 1. The molecule has 2 rings (SSSR count). The molecule has 0 amide bonds. The van der Waals surface area contributed by atoms with Crippen molar-refractivity contribution in [1.29, 1.82) is 0 Å². The van der Waals surface area contributed by atoms with Gasteiger partial charge in [0.25, 0.3) is 0 Å². The summed E-state index contributed by atoms with van der Waals surface area (Å²) in [6, 6.07) is 8.41. The Morgan fingerprint density at radius 3 is 2.45 bits per heavy atom. The maximum Gasteiger partial charge on any atom is 0.416 e. The molecule has 0 saturated carbocycles. The van der Waals surface area contributed by atoms with Crippen LogP contribution in [0.4, 0.5) is 13.2 Å². The topological polar surface area (TPSA) is 33.1 Å². The number of aromatic nitrogens is 1. The fraction of sp³-hybridized carbons (Fsp3) is 0.214. The maximum atomic E-state index is 12.9. The number of benzene rings is 1. The molecule has 0 fully saturated rings. The first-order chi connectivity index (χ1) is 9.38. The zero-order valence-electron chi connectivity index (χ0n) is 10.2. The third-order valence-electron chi connectivity index (χ3n) is 2.82. The molecule has 6 heteroatoms. The van der Waals surface area contributed by atoms with E-state index in [-0.39, 0.29) is 12.0 Å². The molecule has 0 spiro atoms. The van der Waals surface area contributed by atoms with Crippen LogP contribution in [-0.2, 0) is 12.6 Å². The fourth-order valence-corrected chi connectivity index (χ4v) is 2.12. The van der Waals surface area contributed by atoms with Crippen LogP contribution >= 0.6 is 15.9 Å². The van der Waals surface area contributed by atoms with E-state index >= 15 is 0 Å². The highest BCUT2D eigenvalue weighted by Gasteiger charge is 2.34. The van der Waals surface area contributed by atoms with E-state index in [4.69, 9.17) is 0 Å². The van der Waals surface area contributed by atoms with E-state index in [0.717, 1.165) is 10.5 Å². The van der Waals surface area contributed by atoms with Crippen molar-refractivity contribution in [2.24, 2.45) is 0 Å². The molecular weight excluding hydrogens is 335 g/mol. The maximum absolute atomic E-state index is 12.9. The monoisotopic (exact) mass is 345 g/mol. The Bertz CT molecular complexity index is 584. The number of aliphatic hydroxyl groups is 1. The van der Waals surface area contributed by atoms with Gasteiger partial charge in [-0.1, -0.05) is 18.2 Å². The molecule has 0 aliphatic carbocycles. The fourth-order valence-electron chi connectivity index (χ4n) is 1.88. The first-order valence-electron chi connectivity index (χ1n) is 5.82. The summed E-state index contributed by atoms with van der Waals surface area (Å²) in [5.41, 5.74) is -0.424. The van der Waals surface area contributed by atoms with Gasteiger partial charge in [0.05, 0.1) is 11.7 Å². The van der Waals surface area contributed by atoms with Gasteiger partial charge in [-0.3, -0.25) is 4.98 Å². The second-order valence-corrected chi connectivity index (χ2v) is 5.19. The summed E-state index contributed by atoms with van der Waals surface area (Å²) < 4.78 is 39.4. The van der Waals surface area contributed by atoms with Gasteiger partial charge in [-0.15, -0.1) is 0 Å². The molecule has 106 valence electrons. The molecule has 0 radical (unpaired) electrons. The van der Waals surface area contributed by atoms with E-state index in [2.05, 4.69) is 20.9 Å². The molecule has 0 saturated heterocycles. The Balaban J connectivity index is 2.25. The molecule has 0 bridgehead atoms. The van der Waals surface area contributed by atoms with Gasteiger partial charge in [0.15, 0.2) is 0 Å². The minimum Gasteiger partial charge on any atom is -0.388 e. The molecule has 20 heavy (non-hydrogen) atoms. The molecular formula is C14H11BrF3NO. The van der Waals surface area contributed by atoms with E-state index in [1.54, 1.807) is 12.1 Å². The van der Waals surface area contributed by atoms with Crippen LogP contribution in [0.25, 0.3) is 0 Å². The van der Waals surface area contributed by atoms with Gasteiger partial charge in [0, 0.05) is 22.8 Å². The van der Waals surface area contributed by atoms with Crippen molar-refractivity contribution in [3.05, 3.63) is 63.9 Å². The SMILES string of the molecule is OC(Cc1ccc(Br)cn1)c1ccccc1C(F)(F)F. The van der Waals surface area contributed by atoms with E-state index < -0.39 is 17.8 Å². The third-order valence-corrected chi connectivity index (χ3v) is 3.29. The highest BCUT2D eigenvalue weighted by molar-refractivity contribution is 9.10. The number of nitrogens with zero attached hydrogens (tertiary/aromatic N) is 1. The van der Waals surface area contributed by atoms with Crippen molar-refractivity contribution >= 4 is 15.9 Å². The zero-order chi connectivity index (χ0) is 14.8. The average molecular weight is 346 g/mol. The minimum atomic E-state index is -4.48. The number of alkyl halides is 3. The van der Waals surface area contributed by atoms with Gasteiger partial charge in [-0.25, -0.2) is 0 Å². The summed E-state index contributed by atoms with van der Waals surface area (Å²) in [5.74, 6) is 0. The van der Waals surface area contributed by atoms with Crippen LogP contribution in [0.5, 0.6) is 0 Å². The number of hydrogen-bond acceptors (Lipinski definition) is 2. The number of aliphatic hydroxyl groups excluding tert-OH is 1. The van der Waals surface area contributed by atoms with Crippen molar-refractivity contribution in [2.45, 2.75) is 18.7 Å². The van der Waals surface area contributed by atoms with Gasteiger partial charge >= 0.3 is 6.18 Å². The summed E-state index contributed by atoms with van der Waals surface area (Å²) >= 11 is 3.22. The van der Waals surface area contributed by atoms with Crippen molar-refractivity contribution in [3.8, 4) is 0 Å². The van der Waals surface area contributed by atoms with Gasteiger partial charge in [0.2, 0.25) is 0 Å². The van der Waals surface area contributed by atoms with Gasteiger partial charge < -0.3 is 5.11 Å². The normalized spacial score (nSPS) is 13.2. The number of pyridine rings is 1. The highest BCUT2D eigenvalue weighted by atomic mass is 79.9. The van der Waals surface area contributed by atoms with E-state index in [9.17, 15) is 18.3 Å². The van der Waals surface area contributed by atoms with Crippen molar-refractivity contribution in [1.82, 2.24) is 4.98 Å². The lowest BCUT2D eigenvalue weighted by Gasteiger charge is -2.17. The Hall–Kier alpha value is -1.40. The predicted molar refractivity (Wildman–Crippen MR) is 72.0 cm³/mol. The quantitative estimate of drug-likeness (QED) is 0.906. The van der Waals surface area contributed by atoms with Crippen LogP contribution in [0, 0.1) is 0 Å². The van der Waals surface area contributed by atoms with Crippen LogP contribution in [0.3, 0.4) is 0 Å². The van der Waals surface area contributed by atoms with Crippen molar-refractivity contribution in [2.75, 3.05) is 0 Å². The molecule has 1 atom stereocenters. The number of halogens is 4. The minimum absolute atomic E-state index is 0.0281. The van der Waals surface area contributed by atoms with Crippen LogP contribution in [0.2, 0.25) is 0 Å². The molecule has 1 aromatic heterocycles. The largest absolute Gasteiger partial charge is 0.416 e. The van der Waals surface area contributed by atoms with Crippen LogP contribution in [0.15, 0.2) is 47.1 Å². The Morgan fingerprint density at radius 2 is 1.85 bits per heavy atom. The second-order valence-electron chi connectivity index (χ2n) is 4.27. The number of rotatable bonds is 3.